The molecule has 15 heavy (non-hydrogen) atoms. The second kappa shape index (κ2) is 3.55. The maximum atomic E-state index is 11.0. The summed E-state index contributed by atoms with van der Waals surface area (Å²) in [6.45, 7) is 0. The van der Waals surface area contributed by atoms with Gasteiger partial charge in [-0.1, -0.05) is 36.4 Å². The Balaban J connectivity index is 2.55. The van der Waals surface area contributed by atoms with E-state index in [1.54, 1.807) is 12.1 Å². The van der Waals surface area contributed by atoms with Crippen LogP contribution in [0.4, 0.5) is 0 Å². The summed E-state index contributed by atoms with van der Waals surface area (Å²) >= 11 is 0. The molecule has 0 spiro atoms. The second-order valence-corrected chi connectivity index (χ2v) is 4.84. The van der Waals surface area contributed by atoms with Crippen LogP contribution in [-0.2, 0) is 10.1 Å². The first-order valence-corrected chi connectivity index (χ1v) is 6.25. The van der Waals surface area contributed by atoms with E-state index in [9.17, 15) is 8.42 Å². The highest BCUT2D eigenvalue weighted by atomic mass is 32.2. The SMILES string of the molecule is CS(=O)(=O)Oc1ccccc2cccc1-2. The van der Waals surface area contributed by atoms with Gasteiger partial charge in [0.2, 0.25) is 0 Å². The fraction of sp³-hybridized carbons (Fsp3) is 0.0909. The molecule has 0 amide bonds. The van der Waals surface area contributed by atoms with Crippen LogP contribution in [-0.4, -0.2) is 14.7 Å². The van der Waals surface area contributed by atoms with E-state index in [0.717, 1.165) is 17.4 Å². The van der Waals surface area contributed by atoms with Crippen LogP contribution in [0.3, 0.4) is 0 Å². The van der Waals surface area contributed by atoms with Crippen LogP contribution < -0.4 is 4.18 Å². The van der Waals surface area contributed by atoms with Gasteiger partial charge in [0, 0.05) is 5.56 Å². The molecule has 0 N–H and O–H groups in total. The average Bonchev–Trinajstić information content (AvgIpc) is 2.50. The summed E-state index contributed by atoms with van der Waals surface area (Å²) in [5.41, 5.74) is 1.75. The first-order valence-electron chi connectivity index (χ1n) is 4.43. The van der Waals surface area contributed by atoms with Gasteiger partial charge in [-0.2, -0.15) is 8.42 Å². The Kier molecular flexibility index (Phi) is 2.36. The van der Waals surface area contributed by atoms with E-state index < -0.39 is 10.1 Å². The molecular weight excluding hydrogens is 212 g/mol. The summed E-state index contributed by atoms with van der Waals surface area (Å²) in [5.74, 6) is 0.363. The fourth-order valence-corrected chi connectivity index (χ4v) is 1.90. The molecule has 0 unspecified atom stereocenters. The van der Waals surface area contributed by atoms with E-state index in [4.69, 9.17) is 4.18 Å². The predicted molar refractivity (Wildman–Crippen MR) is 58.5 cm³/mol. The zero-order valence-corrected chi connectivity index (χ0v) is 8.99. The summed E-state index contributed by atoms with van der Waals surface area (Å²) in [6.07, 6.45) is 1.04. The number of rotatable bonds is 2. The van der Waals surface area contributed by atoms with Gasteiger partial charge in [-0.3, -0.25) is 0 Å². The normalized spacial score (nSPS) is 11.5. The molecule has 2 aliphatic carbocycles. The lowest BCUT2D eigenvalue weighted by Gasteiger charge is -2.04. The lowest BCUT2D eigenvalue weighted by molar-refractivity contribution is 0.494. The zero-order valence-electron chi connectivity index (χ0n) is 8.17. The summed E-state index contributed by atoms with van der Waals surface area (Å²) < 4.78 is 27.0. The molecule has 78 valence electrons. The van der Waals surface area contributed by atoms with Crippen LogP contribution in [0.2, 0.25) is 0 Å². The minimum atomic E-state index is -3.48. The predicted octanol–water partition coefficient (Wildman–Crippen LogP) is 2.13. The molecule has 0 radical (unpaired) electrons. The molecule has 0 saturated heterocycles. The molecule has 3 nitrogen and oxygen atoms in total. The molecule has 0 atom stereocenters. The van der Waals surface area contributed by atoms with Crippen LogP contribution in [0, 0.1) is 0 Å². The van der Waals surface area contributed by atoms with Crippen molar-refractivity contribution in [2.24, 2.45) is 0 Å². The Morgan fingerprint density at radius 3 is 2.40 bits per heavy atom. The fourth-order valence-electron chi connectivity index (χ4n) is 1.43. The van der Waals surface area contributed by atoms with Crippen LogP contribution in [0.5, 0.6) is 5.75 Å². The van der Waals surface area contributed by atoms with Crippen molar-refractivity contribution in [2.75, 3.05) is 6.26 Å². The monoisotopic (exact) mass is 222 g/mol. The van der Waals surface area contributed by atoms with Crippen molar-refractivity contribution < 1.29 is 12.6 Å². The van der Waals surface area contributed by atoms with Crippen LogP contribution in [0.15, 0.2) is 42.5 Å². The smallest absolute Gasteiger partial charge is 0.306 e. The van der Waals surface area contributed by atoms with E-state index in [-0.39, 0.29) is 0 Å². The highest BCUT2D eigenvalue weighted by Gasteiger charge is 2.11. The molecule has 0 fully saturated rings. The standard InChI is InChI=1S/C11H10O3S/c1-15(12,13)14-11-8-3-2-5-9-6-4-7-10(9)11/h2-8H,1H3. The largest absolute Gasteiger partial charge is 0.382 e. The third-order valence-electron chi connectivity index (χ3n) is 1.99. The van der Waals surface area contributed by atoms with Crippen molar-refractivity contribution in [3.63, 3.8) is 0 Å². The summed E-state index contributed by atoms with van der Waals surface area (Å²) in [7, 11) is -3.48. The second-order valence-electron chi connectivity index (χ2n) is 3.26. The van der Waals surface area contributed by atoms with Crippen molar-refractivity contribution in [3.05, 3.63) is 42.5 Å². The molecule has 2 aliphatic rings. The maximum Gasteiger partial charge on any atom is 0.306 e. The Morgan fingerprint density at radius 1 is 1.00 bits per heavy atom. The zero-order chi connectivity index (χ0) is 10.9. The van der Waals surface area contributed by atoms with Gasteiger partial charge in [-0.15, -0.1) is 0 Å². The van der Waals surface area contributed by atoms with Crippen LogP contribution in [0.25, 0.3) is 11.1 Å². The summed E-state index contributed by atoms with van der Waals surface area (Å²) in [4.78, 5) is 0. The lowest BCUT2D eigenvalue weighted by atomic mass is 10.2. The quantitative estimate of drug-likeness (QED) is 0.731. The first kappa shape index (κ1) is 9.98. The van der Waals surface area contributed by atoms with Crippen molar-refractivity contribution >= 4 is 10.1 Å². The van der Waals surface area contributed by atoms with E-state index in [1.165, 1.54) is 0 Å². The van der Waals surface area contributed by atoms with Crippen LogP contribution >= 0.6 is 0 Å². The summed E-state index contributed by atoms with van der Waals surface area (Å²) in [5, 5.41) is 0. The third kappa shape index (κ3) is 2.27. The van der Waals surface area contributed by atoms with Gasteiger partial charge >= 0.3 is 10.1 Å². The number of hydrogen-bond acceptors (Lipinski definition) is 3. The highest BCUT2D eigenvalue weighted by Crippen LogP contribution is 2.31. The minimum absolute atomic E-state index is 0.363. The Morgan fingerprint density at radius 2 is 1.67 bits per heavy atom. The molecule has 0 aromatic heterocycles. The number of fused-ring (bicyclic) bond motifs is 1. The van der Waals surface area contributed by atoms with Crippen molar-refractivity contribution in [3.8, 4) is 16.9 Å². The Hall–Kier alpha value is -1.55. The molecule has 0 bridgehead atoms. The number of hydrogen-bond donors (Lipinski definition) is 0. The van der Waals surface area contributed by atoms with Gasteiger partial charge in [0.1, 0.15) is 5.75 Å². The average molecular weight is 222 g/mol. The highest BCUT2D eigenvalue weighted by molar-refractivity contribution is 7.86. The van der Waals surface area contributed by atoms with Crippen molar-refractivity contribution in [1.82, 2.24) is 0 Å². The van der Waals surface area contributed by atoms with E-state index >= 15 is 0 Å². The molecular formula is C11H10O3S. The Labute approximate surface area is 88.8 Å². The molecule has 0 aromatic carbocycles. The van der Waals surface area contributed by atoms with Crippen molar-refractivity contribution in [1.29, 1.82) is 0 Å². The van der Waals surface area contributed by atoms with Gasteiger partial charge in [0.15, 0.2) is 0 Å². The lowest BCUT2D eigenvalue weighted by Crippen LogP contribution is -2.05. The summed E-state index contributed by atoms with van der Waals surface area (Å²) in [6, 6.07) is 12.7. The maximum absolute atomic E-state index is 11.0. The van der Waals surface area contributed by atoms with Crippen LogP contribution in [0.1, 0.15) is 0 Å². The van der Waals surface area contributed by atoms with E-state index in [1.807, 2.05) is 30.3 Å². The van der Waals surface area contributed by atoms with Gasteiger partial charge in [-0.25, -0.2) is 0 Å². The molecule has 0 saturated carbocycles. The molecule has 0 aliphatic heterocycles. The molecule has 0 heterocycles. The first-order chi connectivity index (χ1) is 7.06. The van der Waals surface area contributed by atoms with E-state index in [0.29, 0.717) is 5.75 Å². The Bertz CT molecular complexity index is 546. The molecule has 2 rings (SSSR count). The van der Waals surface area contributed by atoms with Gasteiger partial charge in [-0.05, 0) is 11.6 Å². The van der Waals surface area contributed by atoms with Gasteiger partial charge < -0.3 is 4.18 Å². The minimum Gasteiger partial charge on any atom is -0.382 e. The van der Waals surface area contributed by atoms with Crippen molar-refractivity contribution in [2.45, 2.75) is 0 Å². The van der Waals surface area contributed by atoms with Gasteiger partial charge in [0.05, 0.1) is 6.26 Å². The van der Waals surface area contributed by atoms with Gasteiger partial charge in [0.25, 0.3) is 0 Å². The molecule has 0 aromatic rings. The topological polar surface area (TPSA) is 43.4 Å². The van der Waals surface area contributed by atoms with E-state index in [2.05, 4.69) is 0 Å². The molecule has 4 heteroatoms. The third-order valence-corrected chi connectivity index (χ3v) is 2.47.